The van der Waals surface area contributed by atoms with Crippen molar-refractivity contribution in [3.8, 4) is 0 Å². The van der Waals surface area contributed by atoms with Gasteiger partial charge in [-0.25, -0.2) is 5.21 Å². The molecule has 0 amide bonds. The van der Waals surface area contributed by atoms with Gasteiger partial charge in [-0.05, 0) is 20.3 Å². The van der Waals surface area contributed by atoms with Crippen LogP contribution in [-0.4, -0.2) is 32.7 Å². The van der Waals surface area contributed by atoms with Crippen LogP contribution in [0, 0.1) is 5.21 Å². The number of hydrogen-bond donors (Lipinski definition) is 2. The largest absolute Gasteiger partial charge is 0.592 e. The molecule has 6 nitrogen and oxygen atoms in total. The van der Waals surface area contributed by atoms with Crippen LogP contribution in [0.3, 0.4) is 0 Å². The van der Waals surface area contributed by atoms with Crippen LogP contribution >= 0.6 is 0 Å². The summed E-state index contributed by atoms with van der Waals surface area (Å²) in [6.07, 6.45) is 2.13. The summed E-state index contributed by atoms with van der Waals surface area (Å²) in [5.74, 6) is 0.0331. The normalized spacial score (nSPS) is 16.4. The van der Waals surface area contributed by atoms with Gasteiger partial charge in [-0.1, -0.05) is 0 Å². The molecule has 0 spiro atoms. The van der Waals surface area contributed by atoms with Gasteiger partial charge in [-0.15, -0.1) is 5.10 Å². The van der Waals surface area contributed by atoms with Gasteiger partial charge in [0, 0.05) is 18.8 Å². The Morgan fingerprint density at radius 3 is 2.60 bits per heavy atom. The molecule has 0 saturated carbocycles. The molecule has 0 aliphatic rings. The number of hydroxylamine groups is 2. The van der Waals surface area contributed by atoms with Crippen molar-refractivity contribution in [1.82, 2.24) is 14.6 Å². The van der Waals surface area contributed by atoms with Gasteiger partial charge in [0.15, 0.2) is 0 Å². The molecular weight excluding hydrogens is 198 g/mol. The third-order valence-corrected chi connectivity index (χ3v) is 2.00. The molecule has 0 saturated heterocycles. The van der Waals surface area contributed by atoms with Crippen molar-refractivity contribution >= 4 is 5.82 Å². The topological polar surface area (TPSA) is 81.3 Å². The standard InChI is InChI=1S/C9H17N3O3/c1-9(2,13)5-7-11-6-4-8(10-11)12(3,14)15/h4,6,13-14H,5,7H2,1-3H3. The van der Waals surface area contributed by atoms with E-state index in [2.05, 4.69) is 5.10 Å². The fourth-order valence-electron chi connectivity index (χ4n) is 1.08. The molecule has 1 aromatic heterocycles. The lowest BCUT2D eigenvalue weighted by molar-refractivity contribution is -0.00846. The van der Waals surface area contributed by atoms with Gasteiger partial charge >= 0.3 is 0 Å². The van der Waals surface area contributed by atoms with Crippen molar-refractivity contribution in [2.75, 3.05) is 7.05 Å². The van der Waals surface area contributed by atoms with Gasteiger partial charge in [0.05, 0.1) is 5.60 Å². The number of rotatable bonds is 4. The fraction of sp³-hybridized carbons (Fsp3) is 0.667. The minimum atomic E-state index is -1.53. The lowest BCUT2D eigenvalue weighted by Crippen LogP contribution is -2.34. The Morgan fingerprint density at radius 2 is 2.20 bits per heavy atom. The lowest BCUT2D eigenvalue weighted by Gasteiger charge is -2.24. The zero-order valence-electron chi connectivity index (χ0n) is 9.21. The number of aromatic nitrogens is 2. The molecule has 86 valence electrons. The van der Waals surface area contributed by atoms with Gasteiger partial charge in [0.2, 0.25) is 0 Å². The molecule has 0 radical (unpaired) electrons. The van der Waals surface area contributed by atoms with E-state index in [0.717, 1.165) is 7.05 Å². The quantitative estimate of drug-likeness (QED) is 0.576. The van der Waals surface area contributed by atoms with Crippen LogP contribution < -0.4 is 4.81 Å². The van der Waals surface area contributed by atoms with E-state index in [1.807, 2.05) is 0 Å². The molecule has 0 aliphatic carbocycles. The Kier molecular flexibility index (Phi) is 3.15. The average molecular weight is 215 g/mol. The van der Waals surface area contributed by atoms with Crippen LogP contribution in [0.4, 0.5) is 5.82 Å². The summed E-state index contributed by atoms with van der Waals surface area (Å²) < 4.78 is 1.53. The summed E-state index contributed by atoms with van der Waals surface area (Å²) >= 11 is 0. The minimum absolute atomic E-state index is 0.0331. The summed E-state index contributed by atoms with van der Waals surface area (Å²) in [5.41, 5.74) is -0.763. The first kappa shape index (κ1) is 12.1. The molecule has 0 fully saturated rings. The Balaban J connectivity index is 2.62. The minimum Gasteiger partial charge on any atom is -0.592 e. The van der Waals surface area contributed by atoms with Gasteiger partial charge in [0.1, 0.15) is 7.05 Å². The van der Waals surface area contributed by atoms with Gasteiger partial charge < -0.3 is 10.3 Å². The highest BCUT2D eigenvalue weighted by Gasteiger charge is 2.16. The van der Waals surface area contributed by atoms with Crippen molar-refractivity contribution in [3.05, 3.63) is 17.5 Å². The zero-order valence-corrected chi connectivity index (χ0v) is 9.21. The Morgan fingerprint density at radius 1 is 1.60 bits per heavy atom. The van der Waals surface area contributed by atoms with Gasteiger partial charge in [-0.2, -0.15) is 4.81 Å². The van der Waals surface area contributed by atoms with Gasteiger partial charge in [-0.3, -0.25) is 4.68 Å². The third kappa shape index (κ3) is 3.96. The molecule has 0 bridgehead atoms. The van der Waals surface area contributed by atoms with Crippen molar-refractivity contribution < 1.29 is 10.3 Å². The molecule has 1 atom stereocenters. The maximum Gasteiger partial charge on any atom is 0.278 e. The molecule has 1 unspecified atom stereocenters. The Labute approximate surface area is 88.5 Å². The predicted molar refractivity (Wildman–Crippen MR) is 56.0 cm³/mol. The van der Waals surface area contributed by atoms with E-state index in [0.29, 0.717) is 13.0 Å². The third-order valence-electron chi connectivity index (χ3n) is 2.00. The van der Waals surface area contributed by atoms with E-state index in [4.69, 9.17) is 5.21 Å². The Bertz CT molecular complexity index is 322. The van der Waals surface area contributed by atoms with Crippen LogP contribution in [0.25, 0.3) is 0 Å². The molecule has 1 heterocycles. The highest BCUT2D eigenvalue weighted by Crippen LogP contribution is 2.14. The van der Waals surface area contributed by atoms with Crippen molar-refractivity contribution in [2.24, 2.45) is 0 Å². The van der Waals surface area contributed by atoms with Crippen molar-refractivity contribution in [1.29, 1.82) is 0 Å². The van der Waals surface area contributed by atoms with E-state index in [1.165, 1.54) is 10.7 Å². The summed E-state index contributed by atoms with van der Waals surface area (Å²) in [4.78, 5) is -1.53. The molecule has 1 rings (SSSR count). The lowest BCUT2D eigenvalue weighted by atomic mass is 10.1. The summed E-state index contributed by atoms with van der Waals surface area (Å²) in [7, 11) is 1.09. The van der Waals surface area contributed by atoms with E-state index < -0.39 is 10.4 Å². The number of aryl methyl sites for hydroxylation is 1. The number of aliphatic hydroxyl groups is 1. The van der Waals surface area contributed by atoms with Crippen molar-refractivity contribution in [2.45, 2.75) is 32.4 Å². The van der Waals surface area contributed by atoms with E-state index in [-0.39, 0.29) is 5.82 Å². The Hall–Kier alpha value is -0.950. The van der Waals surface area contributed by atoms with Crippen molar-refractivity contribution in [3.63, 3.8) is 0 Å². The van der Waals surface area contributed by atoms with E-state index in [9.17, 15) is 10.3 Å². The number of quaternary nitrogens is 1. The maximum absolute atomic E-state index is 11.1. The second kappa shape index (κ2) is 3.90. The molecule has 6 heteroatoms. The average Bonchev–Trinajstić information content (AvgIpc) is 2.45. The molecule has 1 aromatic rings. The summed E-state index contributed by atoms with van der Waals surface area (Å²) in [6.45, 7) is 3.91. The fourth-order valence-corrected chi connectivity index (χ4v) is 1.08. The van der Waals surface area contributed by atoms with Crippen LogP contribution in [0.1, 0.15) is 20.3 Å². The molecule has 0 aromatic carbocycles. The van der Waals surface area contributed by atoms with Crippen LogP contribution in [-0.2, 0) is 6.54 Å². The first-order chi connectivity index (χ1) is 6.68. The number of hydrogen-bond acceptors (Lipinski definition) is 4. The number of nitrogens with zero attached hydrogens (tertiary/aromatic N) is 3. The predicted octanol–water partition coefficient (Wildman–Crippen LogP) is 0.868. The SMILES string of the molecule is CC(C)(O)CCn1ccc([N+](C)([O-])O)n1. The van der Waals surface area contributed by atoms with Crippen LogP contribution in [0.2, 0.25) is 0 Å². The zero-order chi connectivity index (χ0) is 11.7. The molecular formula is C9H17N3O3. The van der Waals surface area contributed by atoms with E-state index in [1.54, 1.807) is 20.0 Å². The summed E-state index contributed by atoms with van der Waals surface area (Å²) in [6, 6.07) is 1.46. The van der Waals surface area contributed by atoms with E-state index >= 15 is 0 Å². The first-order valence-electron chi connectivity index (χ1n) is 4.75. The van der Waals surface area contributed by atoms with Crippen LogP contribution in [0.15, 0.2) is 12.3 Å². The highest BCUT2D eigenvalue weighted by molar-refractivity contribution is 5.28. The molecule has 2 N–H and O–H groups in total. The second-order valence-corrected chi connectivity index (χ2v) is 4.38. The summed E-state index contributed by atoms with van der Waals surface area (Å²) in [5, 5.41) is 33.6. The maximum atomic E-state index is 11.1. The monoisotopic (exact) mass is 215 g/mol. The highest BCUT2D eigenvalue weighted by atomic mass is 16.8. The van der Waals surface area contributed by atoms with Gasteiger partial charge in [0.25, 0.3) is 5.82 Å². The molecule has 15 heavy (non-hydrogen) atoms. The smallest absolute Gasteiger partial charge is 0.278 e. The van der Waals surface area contributed by atoms with Crippen LogP contribution in [0.5, 0.6) is 0 Å². The first-order valence-corrected chi connectivity index (χ1v) is 4.75. The second-order valence-electron chi connectivity index (χ2n) is 4.38. The molecule has 0 aliphatic heterocycles.